The van der Waals surface area contributed by atoms with Crippen LogP contribution in [-0.2, 0) is 27.2 Å². The van der Waals surface area contributed by atoms with Crippen molar-refractivity contribution in [3.05, 3.63) is 40.9 Å². The highest BCUT2D eigenvalue weighted by molar-refractivity contribution is 7.18. The molecule has 8 nitrogen and oxygen atoms in total. The topological polar surface area (TPSA) is 104 Å². The second-order valence-corrected chi connectivity index (χ2v) is 12.4. The van der Waals surface area contributed by atoms with Crippen LogP contribution in [0, 0.1) is 11.8 Å². The second-order valence-electron chi connectivity index (χ2n) is 11.3. The molecular weight excluding hydrogens is 546 g/mol. The predicted molar refractivity (Wildman–Crippen MR) is 173 cm³/mol. The van der Waals surface area contributed by atoms with E-state index in [4.69, 9.17) is 4.98 Å². The zero-order valence-corrected chi connectivity index (χ0v) is 26.7. The molecule has 0 bridgehead atoms. The molecule has 0 aliphatic heterocycles. The molecule has 1 saturated carbocycles. The van der Waals surface area contributed by atoms with E-state index in [2.05, 4.69) is 60.0 Å². The zero-order chi connectivity index (χ0) is 30.5. The minimum Gasteiger partial charge on any atom is -0.351 e. The SMILES string of the molecule is C=C(CN(CC)CC)C(=O)NC[C@H](CC1CCCCC1)NC(=O)C(C=NC(=O)CC)Cc1nc2ccc(CC)cc2s1. The van der Waals surface area contributed by atoms with Gasteiger partial charge in [-0.05, 0) is 49.5 Å². The lowest BCUT2D eigenvalue weighted by Gasteiger charge is -2.28. The number of aromatic nitrogens is 1. The summed E-state index contributed by atoms with van der Waals surface area (Å²) in [5.41, 5.74) is 2.68. The van der Waals surface area contributed by atoms with Crippen LogP contribution >= 0.6 is 11.3 Å². The lowest BCUT2D eigenvalue weighted by Crippen LogP contribution is -2.48. The molecule has 1 unspecified atom stereocenters. The molecule has 42 heavy (non-hydrogen) atoms. The third-order valence-electron chi connectivity index (χ3n) is 8.17. The summed E-state index contributed by atoms with van der Waals surface area (Å²) in [6.07, 6.45) is 9.78. The van der Waals surface area contributed by atoms with Gasteiger partial charge in [0.2, 0.25) is 17.7 Å². The van der Waals surface area contributed by atoms with Gasteiger partial charge in [0.25, 0.3) is 0 Å². The molecule has 3 rings (SSSR count). The first kappa shape index (κ1) is 33.6. The number of rotatable bonds is 16. The number of hydrogen-bond donors (Lipinski definition) is 2. The Labute approximate surface area is 255 Å². The maximum Gasteiger partial charge on any atom is 0.247 e. The predicted octanol–water partition coefficient (Wildman–Crippen LogP) is 5.49. The molecule has 2 atom stereocenters. The number of fused-ring (bicyclic) bond motifs is 1. The van der Waals surface area contributed by atoms with Crippen LogP contribution in [0.1, 0.15) is 83.2 Å². The number of amides is 3. The Balaban J connectivity index is 1.75. The van der Waals surface area contributed by atoms with E-state index in [1.807, 2.05) is 6.07 Å². The summed E-state index contributed by atoms with van der Waals surface area (Å²) in [5, 5.41) is 7.08. The molecule has 2 aromatic rings. The number of likely N-dealkylation sites (N-methyl/N-ethyl adjacent to an activating group) is 1. The van der Waals surface area contributed by atoms with Crippen molar-refractivity contribution in [3.63, 3.8) is 0 Å². The van der Waals surface area contributed by atoms with Crippen LogP contribution in [0.25, 0.3) is 10.2 Å². The highest BCUT2D eigenvalue weighted by Crippen LogP contribution is 2.28. The van der Waals surface area contributed by atoms with Gasteiger partial charge in [0.1, 0.15) is 0 Å². The smallest absolute Gasteiger partial charge is 0.247 e. The van der Waals surface area contributed by atoms with E-state index in [1.165, 1.54) is 31.0 Å². The van der Waals surface area contributed by atoms with Gasteiger partial charge in [0.05, 0.1) is 21.1 Å². The maximum absolute atomic E-state index is 13.7. The molecule has 1 fully saturated rings. The molecule has 9 heteroatoms. The van der Waals surface area contributed by atoms with E-state index in [-0.39, 0.29) is 30.2 Å². The Bertz CT molecular complexity index is 1230. The summed E-state index contributed by atoms with van der Waals surface area (Å²) in [4.78, 5) is 49.7. The average Bonchev–Trinajstić information content (AvgIpc) is 3.42. The van der Waals surface area contributed by atoms with Crippen LogP contribution in [0.4, 0.5) is 0 Å². The third kappa shape index (κ3) is 10.4. The van der Waals surface area contributed by atoms with Crippen molar-refractivity contribution in [3.8, 4) is 0 Å². The highest BCUT2D eigenvalue weighted by Gasteiger charge is 2.26. The molecule has 2 N–H and O–H groups in total. The van der Waals surface area contributed by atoms with Gasteiger partial charge in [0.15, 0.2) is 0 Å². The highest BCUT2D eigenvalue weighted by atomic mass is 32.1. The largest absolute Gasteiger partial charge is 0.351 e. The fourth-order valence-electron chi connectivity index (χ4n) is 5.45. The molecular formula is C33H49N5O3S. The van der Waals surface area contributed by atoms with Crippen LogP contribution in [0.5, 0.6) is 0 Å². The van der Waals surface area contributed by atoms with Crippen LogP contribution in [0.3, 0.4) is 0 Å². The summed E-state index contributed by atoms with van der Waals surface area (Å²) in [6.45, 7) is 14.6. The Morgan fingerprint density at radius 3 is 2.55 bits per heavy atom. The first-order chi connectivity index (χ1) is 20.3. The summed E-state index contributed by atoms with van der Waals surface area (Å²) >= 11 is 1.58. The molecule has 0 saturated heterocycles. The Morgan fingerprint density at radius 1 is 1.14 bits per heavy atom. The molecule has 0 spiro atoms. The van der Waals surface area contributed by atoms with Crippen LogP contribution in [0.15, 0.2) is 35.3 Å². The van der Waals surface area contributed by atoms with Crippen molar-refractivity contribution in [2.45, 2.75) is 91.5 Å². The van der Waals surface area contributed by atoms with Gasteiger partial charge in [-0.2, -0.15) is 0 Å². The molecule has 1 aliphatic carbocycles. The number of benzene rings is 1. The average molecular weight is 596 g/mol. The minimum absolute atomic E-state index is 0.183. The molecule has 1 aliphatic rings. The van der Waals surface area contributed by atoms with Crippen molar-refractivity contribution < 1.29 is 14.4 Å². The van der Waals surface area contributed by atoms with Gasteiger partial charge in [-0.3, -0.25) is 19.3 Å². The fourth-order valence-corrected chi connectivity index (χ4v) is 6.54. The van der Waals surface area contributed by atoms with Crippen LogP contribution in [-0.4, -0.2) is 66.0 Å². The van der Waals surface area contributed by atoms with Crippen LogP contribution in [0.2, 0.25) is 0 Å². The number of aliphatic imine (C=N–C) groups is 1. The van der Waals surface area contributed by atoms with Gasteiger partial charge in [0, 0.05) is 43.8 Å². The van der Waals surface area contributed by atoms with Crippen molar-refractivity contribution in [2.24, 2.45) is 16.8 Å². The zero-order valence-electron chi connectivity index (χ0n) is 25.9. The van der Waals surface area contributed by atoms with E-state index in [1.54, 1.807) is 18.3 Å². The molecule has 230 valence electrons. The van der Waals surface area contributed by atoms with Gasteiger partial charge in [-0.15, -0.1) is 11.3 Å². The second kappa shape index (κ2) is 17.3. The van der Waals surface area contributed by atoms with E-state index < -0.39 is 5.92 Å². The number of carbonyl (C=O) groups is 3. The molecule has 1 aromatic carbocycles. The summed E-state index contributed by atoms with van der Waals surface area (Å²) < 4.78 is 1.09. The Kier molecular flexibility index (Phi) is 13.8. The van der Waals surface area contributed by atoms with Gasteiger partial charge >= 0.3 is 0 Å². The van der Waals surface area contributed by atoms with Crippen molar-refractivity contribution in [1.82, 2.24) is 20.5 Å². The maximum atomic E-state index is 13.7. The van der Waals surface area contributed by atoms with Crippen LogP contribution < -0.4 is 10.6 Å². The van der Waals surface area contributed by atoms with Gasteiger partial charge < -0.3 is 10.6 Å². The molecule has 1 aromatic heterocycles. The lowest BCUT2D eigenvalue weighted by atomic mass is 9.84. The minimum atomic E-state index is -0.645. The fraction of sp³-hybridized carbons (Fsp3) is 0.606. The van der Waals surface area contributed by atoms with Crippen molar-refractivity contribution in [1.29, 1.82) is 0 Å². The number of nitrogens with zero attached hydrogens (tertiary/aromatic N) is 3. The Hall–Kier alpha value is -2.91. The quantitative estimate of drug-likeness (QED) is 0.197. The van der Waals surface area contributed by atoms with E-state index in [0.29, 0.717) is 31.0 Å². The van der Waals surface area contributed by atoms with E-state index >= 15 is 0 Å². The monoisotopic (exact) mass is 595 g/mol. The van der Waals surface area contributed by atoms with Crippen molar-refractivity contribution in [2.75, 3.05) is 26.2 Å². The lowest BCUT2D eigenvalue weighted by molar-refractivity contribution is -0.124. The standard InChI is InChI=1S/C33H49N5O3S/c1-6-24-15-16-28-29(18-24)42-31(37-28)19-26(20-34-30(39)7-2)33(41)36-27(17-25-13-11-10-12-14-25)21-35-32(40)23(5)22-38(8-3)9-4/h15-16,18,20,25-27H,5-14,17,19,21-22H2,1-4H3,(H,35,40)(H,36,41)/t26?,27-/m0/s1. The summed E-state index contributed by atoms with van der Waals surface area (Å²) in [7, 11) is 0. The molecule has 3 amide bonds. The first-order valence-corrected chi connectivity index (χ1v) is 16.5. The number of thiazole rings is 1. The molecule has 1 heterocycles. The normalized spacial score (nSPS) is 15.6. The Morgan fingerprint density at radius 2 is 1.88 bits per heavy atom. The number of aryl methyl sites for hydroxylation is 1. The molecule has 0 radical (unpaired) electrons. The van der Waals surface area contributed by atoms with Gasteiger partial charge in [-0.25, -0.2) is 9.98 Å². The number of nitrogens with one attached hydrogen (secondary N) is 2. The van der Waals surface area contributed by atoms with Crippen molar-refractivity contribution >= 4 is 45.5 Å². The summed E-state index contributed by atoms with van der Waals surface area (Å²) in [6, 6.07) is 6.02. The van der Waals surface area contributed by atoms with E-state index in [0.717, 1.165) is 54.0 Å². The summed E-state index contributed by atoms with van der Waals surface area (Å²) in [5.74, 6) is -0.785. The number of carbonyl (C=O) groups excluding carboxylic acids is 3. The van der Waals surface area contributed by atoms with E-state index in [9.17, 15) is 14.4 Å². The van der Waals surface area contributed by atoms with Gasteiger partial charge in [-0.1, -0.05) is 72.4 Å². The third-order valence-corrected chi connectivity index (χ3v) is 9.21. The first-order valence-electron chi connectivity index (χ1n) is 15.7. The number of hydrogen-bond acceptors (Lipinski definition) is 6.